The number of hydrogen-bond donors (Lipinski definition) is 2. The molecule has 5 rings (SSSR count). The molecule has 1 aromatic heterocycles. The molecule has 1 aliphatic carbocycles. The summed E-state index contributed by atoms with van der Waals surface area (Å²) in [6.45, 7) is 5.02. The molecule has 1 saturated heterocycles. The number of piperidine rings is 1. The Labute approximate surface area is 214 Å². The molecule has 0 unspecified atom stereocenters. The molecule has 2 aliphatic rings. The number of aromatic nitrogens is 2. The number of amides is 2. The monoisotopic (exact) mass is 503 g/mol. The lowest BCUT2D eigenvalue weighted by Gasteiger charge is -2.30. The lowest BCUT2D eigenvalue weighted by molar-refractivity contribution is 0.0928. The minimum Gasteiger partial charge on any atom is -0.490 e. The number of nitrogens with zero attached hydrogens (tertiary/aromatic N) is 4. The molecule has 0 radical (unpaired) electrons. The topological polar surface area (TPSA) is 111 Å². The molecule has 8 nitrogen and oxygen atoms in total. The van der Waals surface area contributed by atoms with E-state index in [1.165, 1.54) is 16.9 Å². The molecule has 2 N–H and O–H groups in total. The summed E-state index contributed by atoms with van der Waals surface area (Å²) in [4.78, 5) is 14.6. The highest BCUT2D eigenvalue weighted by atomic mass is 32.1. The van der Waals surface area contributed by atoms with Gasteiger partial charge in [-0.2, -0.15) is 5.26 Å². The van der Waals surface area contributed by atoms with Crippen LogP contribution in [0.25, 0.3) is 21.1 Å². The van der Waals surface area contributed by atoms with Gasteiger partial charge in [-0.05, 0) is 68.9 Å². The first-order chi connectivity index (χ1) is 17.4. The molecule has 186 valence electrons. The van der Waals surface area contributed by atoms with E-state index in [0.717, 1.165) is 39.5 Å². The number of rotatable bonds is 5. The number of carbonyl (C=O) groups excluding carboxylic acids is 1. The van der Waals surface area contributed by atoms with Gasteiger partial charge in [0.05, 0.1) is 23.8 Å². The Morgan fingerprint density at radius 3 is 2.72 bits per heavy atom. The standard InChI is InChI=1S/C27H29N5O3S/c1-16(2)35-24-9-6-17(14-18(24)15-28)25-30-31-26(36-25)22-5-3-4-21-20(22)7-8-23(21)29-27(34)32-12-10-19(33)11-13-32/h3-6,9,14,16,19,23,33H,7-8,10-13H2,1-2H3,(H,29,34)/t23-/m1/s1. The van der Waals surface area contributed by atoms with Crippen LogP contribution in [0.2, 0.25) is 0 Å². The lowest BCUT2D eigenvalue weighted by Crippen LogP contribution is -2.46. The first-order valence-corrected chi connectivity index (χ1v) is 13.1. The van der Waals surface area contributed by atoms with Gasteiger partial charge in [0.1, 0.15) is 21.8 Å². The number of urea groups is 1. The van der Waals surface area contributed by atoms with E-state index >= 15 is 0 Å². The number of nitrogens with one attached hydrogen (secondary N) is 1. The van der Waals surface area contributed by atoms with Crippen molar-refractivity contribution in [2.45, 2.75) is 57.8 Å². The van der Waals surface area contributed by atoms with Crippen molar-refractivity contribution >= 4 is 17.4 Å². The molecule has 3 aromatic rings. The third kappa shape index (κ3) is 4.92. The van der Waals surface area contributed by atoms with Crippen molar-refractivity contribution in [3.05, 3.63) is 53.1 Å². The van der Waals surface area contributed by atoms with Crippen molar-refractivity contribution < 1.29 is 14.6 Å². The molecule has 1 aliphatic heterocycles. The molecular formula is C27H29N5O3S. The second-order valence-corrected chi connectivity index (χ2v) is 10.5. The Kier molecular flexibility index (Phi) is 6.90. The van der Waals surface area contributed by atoms with E-state index in [0.29, 0.717) is 37.2 Å². The Bertz CT molecular complexity index is 1310. The fourth-order valence-corrected chi connectivity index (χ4v) is 5.76. The third-order valence-corrected chi connectivity index (χ3v) is 7.69. The van der Waals surface area contributed by atoms with Gasteiger partial charge in [-0.1, -0.05) is 29.5 Å². The fourth-order valence-electron chi connectivity index (χ4n) is 4.87. The minimum absolute atomic E-state index is 0.0161. The molecule has 0 bridgehead atoms. The average molecular weight is 504 g/mol. The summed E-state index contributed by atoms with van der Waals surface area (Å²) in [5.41, 5.74) is 4.65. The smallest absolute Gasteiger partial charge is 0.317 e. The van der Waals surface area contributed by atoms with Gasteiger partial charge in [-0.25, -0.2) is 4.79 Å². The Hall–Kier alpha value is -3.48. The number of benzene rings is 2. The predicted molar refractivity (Wildman–Crippen MR) is 138 cm³/mol. The molecule has 1 fully saturated rings. The highest BCUT2D eigenvalue weighted by Gasteiger charge is 2.29. The van der Waals surface area contributed by atoms with Crippen LogP contribution in [0.1, 0.15) is 55.8 Å². The summed E-state index contributed by atoms with van der Waals surface area (Å²) in [7, 11) is 0. The Balaban J connectivity index is 1.35. The van der Waals surface area contributed by atoms with Crippen molar-refractivity contribution in [2.24, 2.45) is 0 Å². The van der Waals surface area contributed by atoms with Gasteiger partial charge in [-0.3, -0.25) is 0 Å². The minimum atomic E-state index is -0.307. The molecule has 0 spiro atoms. The first kappa shape index (κ1) is 24.2. The average Bonchev–Trinajstić information content (AvgIpc) is 3.52. The predicted octanol–water partition coefficient (Wildman–Crippen LogP) is 4.68. The largest absolute Gasteiger partial charge is 0.490 e. The highest BCUT2D eigenvalue weighted by Crippen LogP contribution is 2.40. The summed E-state index contributed by atoms with van der Waals surface area (Å²) < 4.78 is 5.73. The van der Waals surface area contributed by atoms with Crippen LogP contribution in [0.15, 0.2) is 36.4 Å². The first-order valence-electron chi connectivity index (χ1n) is 12.3. The zero-order chi connectivity index (χ0) is 25.2. The molecular weight excluding hydrogens is 474 g/mol. The van der Waals surface area contributed by atoms with Gasteiger partial charge in [0.25, 0.3) is 0 Å². The zero-order valence-corrected chi connectivity index (χ0v) is 21.2. The number of aliphatic hydroxyl groups excluding tert-OH is 1. The molecule has 9 heteroatoms. The Morgan fingerprint density at radius 2 is 1.97 bits per heavy atom. The Morgan fingerprint density at radius 1 is 1.19 bits per heavy atom. The van der Waals surface area contributed by atoms with Crippen LogP contribution in [-0.2, 0) is 6.42 Å². The maximum atomic E-state index is 12.8. The van der Waals surface area contributed by atoms with Gasteiger partial charge in [-0.15, -0.1) is 10.2 Å². The van der Waals surface area contributed by atoms with Crippen LogP contribution in [0.5, 0.6) is 5.75 Å². The number of fused-ring (bicyclic) bond motifs is 1. The van der Waals surface area contributed by atoms with Crippen molar-refractivity contribution in [3.63, 3.8) is 0 Å². The molecule has 36 heavy (non-hydrogen) atoms. The van der Waals surface area contributed by atoms with Gasteiger partial charge in [0.15, 0.2) is 0 Å². The van der Waals surface area contributed by atoms with Gasteiger partial charge < -0.3 is 20.1 Å². The van der Waals surface area contributed by atoms with E-state index in [4.69, 9.17) is 4.74 Å². The van der Waals surface area contributed by atoms with Crippen LogP contribution in [0.4, 0.5) is 4.79 Å². The van der Waals surface area contributed by atoms with Crippen LogP contribution in [-0.4, -0.2) is 51.5 Å². The van der Waals surface area contributed by atoms with Crippen LogP contribution >= 0.6 is 11.3 Å². The number of ether oxygens (including phenoxy) is 1. The van der Waals surface area contributed by atoms with E-state index < -0.39 is 0 Å². The summed E-state index contributed by atoms with van der Waals surface area (Å²) >= 11 is 1.49. The molecule has 2 amide bonds. The molecule has 0 saturated carbocycles. The number of likely N-dealkylation sites (tertiary alicyclic amines) is 1. The third-order valence-electron chi connectivity index (χ3n) is 6.69. The lowest BCUT2D eigenvalue weighted by atomic mass is 10.0. The van der Waals surface area contributed by atoms with Crippen molar-refractivity contribution in [1.82, 2.24) is 20.4 Å². The van der Waals surface area contributed by atoms with Crippen molar-refractivity contribution in [1.29, 1.82) is 5.26 Å². The maximum absolute atomic E-state index is 12.8. The highest BCUT2D eigenvalue weighted by molar-refractivity contribution is 7.17. The molecule has 2 aromatic carbocycles. The van der Waals surface area contributed by atoms with Crippen LogP contribution in [0.3, 0.4) is 0 Å². The molecule has 2 heterocycles. The van der Waals surface area contributed by atoms with Gasteiger partial charge in [0, 0.05) is 24.2 Å². The second kappa shape index (κ2) is 10.2. The molecule has 1 atom stereocenters. The normalized spacial score (nSPS) is 17.6. The van der Waals surface area contributed by atoms with Crippen molar-refractivity contribution in [2.75, 3.05) is 13.1 Å². The van der Waals surface area contributed by atoms with Crippen LogP contribution in [0, 0.1) is 11.3 Å². The second-order valence-electron chi connectivity index (χ2n) is 9.53. The van der Waals surface area contributed by atoms with E-state index in [1.54, 1.807) is 11.0 Å². The zero-order valence-electron chi connectivity index (χ0n) is 20.4. The van der Waals surface area contributed by atoms with Gasteiger partial charge in [0.2, 0.25) is 0 Å². The summed E-state index contributed by atoms with van der Waals surface area (Å²) in [6, 6.07) is 13.7. The number of aliphatic hydroxyl groups is 1. The number of carbonyl (C=O) groups is 1. The number of hydrogen-bond acceptors (Lipinski definition) is 7. The van der Waals surface area contributed by atoms with E-state index in [9.17, 15) is 15.2 Å². The fraction of sp³-hybridized carbons (Fsp3) is 0.407. The SMILES string of the molecule is CC(C)Oc1ccc(-c2nnc(-c3cccc4c3CC[C@H]4NC(=O)N3CCC(O)CC3)s2)cc1C#N. The maximum Gasteiger partial charge on any atom is 0.317 e. The van der Waals surface area contributed by atoms with E-state index in [-0.39, 0.29) is 24.3 Å². The number of nitriles is 1. The quantitative estimate of drug-likeness (QED) is 0.523. The summed E-state index contributed by atoms with van der Waals surface area (Å²) in [5, 5.41) is 32.9. The van der Waals surface area contributed by atoms with Gasteiger partial charge >= 0.3 is 6.03 Å². The van der Waals surface area contributed by atoms with Crippen molar-refractivity contribution in [3.8, 4) is 33.0 Å². The van der Waals surface area contributed by atoms with E-state index in [2.05, 4.69) is 33.7 Å². The van der Waals surface area contributed by atoms with Crippen LogP contribution < -0.4 is 10.1 Å². The van der Waals surface area contributed by atoms with E-state index in [1.807, 2.05) is 32.0 Å². The summed E-state index contributed by atoms with van der Waals surface area (Å²) in [6.07, 6.45) is 2.62. The summed E-state index contributed by atoms with van der Waals surface area (Å²) in [5.74, 6) is 0.565.